The number of hydrogen-bond acceptors (Lipinski definition) is 4. The van der Waals surface area contributed by atoms with E-state index in [0.717, 1.165) is 24.8 Å². The Balaban J connectivity index is 1.93. The van der Waals surface area contributed by atoms with Gasteiger partial charge >= 0.3 is 12.1 Å². The second kappa shape index (κ2) is 7.51. The number of amides is 1. The van der Waals surface area contributed by atoms with Gasteiger partial charge in [0.2, 0.25) is 0 Å². The van der Waals surface area contributed by atoms with Crippen molar-refractivity contribution in [3.8, 4) is 0 Å². The van der Waals surface area contributed by atoms with Crippen molar-refractivity contribution in [2.24, 2.45) is 0 Å². The summed E-state index contributed by atoms with van der Waals surface area (Å²) in [5.41, 5.74) is 2.38. The van der Waals surface area contributed by atoms with Gasteiger partial charge in [0.15, 0.2) is 0 Å². The fourth-order valence-corrected chi connectivity index (χ4v) is 2.64. The van der Waals surface area contributed by atoms with E-state index in [9.17, 15) is 9.59 Å². The number of alkyl carbamates (subject to hydrolysis) is 1. The maximum Gasteiger partial charge on any atom is 0.407 e. The normalized spacial score (nSPS) is 17.7. The van der Waals surface area contributed by atoms with E-state index in [1.165, 1.54) is 12.7 Å². The van der Waals surface area contributed by atoms with Crippen molar-refractivity contribution in [2.45, 2.75) is 51.7 Å². The SMILES string of the molecule is COC(=O)c1ccc(C2=CCC(NC(=O)OC(C)(C)C)CC2)cc1. The minimum atomic E-state index is -0.485. The van der Waals surface area contributed by atoms with Crippen LogP contribution in [0.15, 0.2) is 30.3 Å². The summed E-state index contributed by atoms with van der Waals surface area (Å²) in [6.45, 7) is 5.55. The predicted octanol–water partition coefficient (Wildman–Crippen LogP) is 3.93. The molecule has 0 saturated heterocycles. The molecule has 1 atom stereocenters. The van der Waals surface area contributed by atoms with Gasteiger partial charge in [0, 0.05) is 6.04 Å². The molecule has 130 valence electrons. The van der Waals surface area contributed by atoms with Crippen molar-refractivity contribution < 1.29 is 19.1 Å². The summed E-state index contributed by atoms with van der Waals surface area (Å²) in [5, 5.41) is 2.91. The van der Waals surface area contributed by atoms with Gasteiger partial charge in [0.1, 0.15) is 5.60 Å². The quantitative estimate of drug-likeness (QED) is 0.852. The summed E-state index contributed by atoms with van der Waals surface area (Å²) in [6, 6.07) is 7.50. The highest BCUT2D eigenvalue weighted by molar-refractivity contribution is 5.89. The zero-order chi connectivity index (χ0) is 17.7. The van der Waals surface area contributed by atoms with Gasteiger partial charge in [-0.2, -0.15) is 0 Å². The van der Waals surface area contributed by atoms with Crippen LogP contribution in [0.4, 0.5) is 4.79 Å². The maximum absolute atomic E-state index is 11.8. The van der Waals surface area contributed by atoms with Crippen LogP contribution in [0.3, 0.4) is 0 Å². The first-order valence-electron chi connectivity index (χ1n) is 8.16. The van der Waals surface area contributed by atoms with Crippen molar-refractivity contribution in [2.75, 3.05) is 7.11 Å². The Morgan fingerprint density at radius 1 is 1.17 bits per heavy atom. The van der Waals surface area contributed by atoms with Crippen molar-refractivity contribution in [3.63, 3.8) is 0 Å². The van der Waals surface area contributed by atoms with Crippen LogP contribution in [0.5, 0.6) is 0 Å². The number of nitrogens with one attached hydrogen (secondary N) is 1. The highest BCUT2D eigenvalue weighted by Crippen LogP contribution is 2.27. The zero-order valence-corrected chi connectivity index (χ0v) is 14.7. The molecule has 1 aliphatic rings. The Kier molecular flexibility index (Phi) is 5.65. The second-order valence-corrected chi connectivity index (χ2v) is 6.92. The Bertz CT molecular complexity index is 626. The Morgan fingerprint density at radius 2 is 1.83 bits per heavy atom. The Labute approximate surface area is 143 Å². The Hall–Kier alpha value is -2.30. The van der Waals surface area contributed by atoms with Crippen molar-refractivity contribution >= 4 is 17.6 Å². The molecular formula is C19H25NO4. The number of methoxy groups -OCH3 is 1. The first-order valence-corrected chi connectivity index (χ1v) is 8.16. The molecule has 1 N–H and O–H groups in total. The number of carbonyl (C=O) groups is 2. The minimum absolute atomic E-state index is 0.0953. The molecule has 1 unspecified atom stereocenters. The molecule has 0 heterocycles. The number of allylic oxidation sites excluding steroid dienone is 1. The van der Waals surface area contributed by atoms with Crippen LogP contribution in [-0.4, -0.2) is 30.8 Å². The van der Waals surface area contributed by atoms with Gasteiger partial charge in [0.25, 0.3) is 0 Å². The molecule has 0 radical (unpaired) electrons. The summed E-state index contributed by atoms with van der Waals surface area (Å²) in [4.78, 5) is 23.3. The van der Waals surface area contributed by atoms with Gasteiger partial charge in [-0.25, -0.2) is 9.59 Å². The molecule has 1 aromatic rings. The number of rotatable bonds is 3. The van der Waals surface area contributed by atoms with Crippen LogP contribution in [0, 0.1) is 0 Å². The molecule has 0 fully saturated rings. The number of benzene rings is 1. The second-order valence-electron chi connectivity index (χ2n) is 6.92. The number of ether oxygens (including phenoxy) is 2. The lowest BCUT2D eigenvalue weighted by molar-refractivity contribution is 0.0501. The third kappa shape index (κ3) is 5.11. The van der Waals surface area contributed by atoms with Gasteiger partial charge < -0.3 is 14.8 Å². The summed E-state index contributed by atoms with van der Waals surface area (Å²) in [6.07, 6.45) is 4.28. The van der Waals surface area contributed by atoms with Crippen LogP contribution in [-0.2, 0) is 9.47 Å². The summed E-state index contributed by atoms with van der Waals surface area (Å²) in [5.74, 6) is -0.333. The van der Waals surface area contributed by atoms with Gasteiger partial charge in [-0.1, -0.05) is 18.2 Å². The van der Waals surface area contributed by atoms with Crippen LogP contribution in [0.1, 0.15) is 56.0 Å². The molecule has 0 spiro atoms. The number of hydrogen-bond donors (Lipinski definition) is 1. The van der Waals surface area contributed by atoms with E-state index in [-0.39, 0.29) is 18.1 Å². The molecule has 1 aliphatic carbocycles. The van der Waals surface area contributed by atoms with E-state index >= 15 is 0 Å². The molecule has 0 aromatic heterocycles. The maximum atomic E-state index is 11.8. The molecule has 24 heavy (non-hydrogen) atoms. The van der Waals surface area contributed by atoms with E-state index in [4.69, 9.17) is 9.47 Å². The van der Waals surface area contributed by atoms with E-state index < -0.39 is 5.60 Å². The zero-order valence-electron chi connectivity index (χ0n) is 14.7. The number of esters is 1. The molecule has 1 amide bonds. The van der Waals surface area contributed by atoms with Gasteiger partial charge in [0.05, 0.1) is 12.7 Å². The number of carbonyl (C=O) groups excluding carboxylic acids is 2. The standard InChI is InChI=1S/C19H25NO4/c1-19(2,3)24-18(22)20-16-11-9-14(10-12-16)13-5-7-15(8-6-13)17(21)23-4/h5-9,16H,10-12H2,1-4H3,(H,20,22). The van der Waals surface area contributed by atoms with Crippen molar-refractivity contribution in [3.05, 3.63) is 41.5 Å². The van der Waals surface area contributed by atoms with Crippen LogP contribution >= 0.6 is 0 Å². The lowest BCUT2D eigenvalue weighted by Crippen LogP contribution is -2.39. The molecule has 5 nitrogen and oxygen atoms in total. The van der Waals surface area contributed by atoms with Gasteiger partial charge in [-0.3, -0.25) is 0 Å². The van der Waals surface area contributed by atoms with Crippen molar-refractivity contribution in [1.29, 1.82) is 0 Å². The van der Waals surface area contributed by atoms with E-state index in [1.807, 2.05) is 32.9 Å². The third-order valence-corrected chi connectivity index (χ3v) is 3.81. The van der Waals surface area contributed by atoms with Crippen LogP contribution < -0.4 is 5.32 Å². The Morgan fingerprint density at radius 3 is 2.33 bits per heavy atom. The predicted molar refractivity (Wildman–Crippen MR) is 92.8 cm³/mol. The van der Waals surface area contributed by atoms with Crippen LogP contribution in [0.25, 0.3) is 5.57 Å². The average Bonchev–Trinajstić information content (AvgIpc) is 2.53. The minimum Gasteiger partial charge on any atom is -0.465 e. The van der Waals surface area contributed by atoms with Crippen LogP contribution in [0.2, 0.25) is 0 Å². The first-order chi connectivity index (χ1) is 11.3. The molecule has 0 bridgehead atoms. The fourth-order valence-electron chi connectivity index (χ4n) is 2.64. The van der Waals surface area contributed by atoms with E-state index in [0.29, 0.717) is 5.56 Å². The first kappa shape index (κ1) is 18.0. The highest BCUT2D eigenvalue weighted by Gasteiger charge is 2.21. The van der Waals surface area contributed by atoms with Crippen molar-refractivity contribution in [1.82, 2.24) is 5.32 Å². The third-order valence-electron chi connectivity index (χ3n) is 3.81. The highest BCUT2D eigenvalue weighted by atomic mass is 16.6. The summed E-state index contributed by atoms with van der Waals surface area (Å²) in [7, 11) is 1.37. The van der Waals surface area contributed by atoms with Gasteiger partial charge in [-0.05, 0) is 63.3 Å². The van der Waals surface area contributed by atoms with Gasteiger partial charge in [-0.15, -0.1) is 0 Å². The largest absolute Gasteiger partial charge is 0.465 e. The molecule has 2 rings (SSSR count). The fraction of sp³-hybridized carbons (Fsp3) is 0.474. The molecular weight excluding hydrogens is 306 g/mol. The van der Waals surface area contributed by atoms with E-state index in [2.05, 4.69) is 11.4 Å². The molecule has 0 saturated carbocycles. The molecule has 5 heteroatoms. The lowest BCUT2D eigenvalue weighted by atomic mass is 9.90. The topological polar surface area (TPSA) is 64.6 Å². The molecule has 0 aliphatic heterocycles. The smallest absolute Gasteiger partial charge is 0.407 e. The monoisotopic (exact) mass is 331 g/mol. The lowest BCUT2D eigenvalue weighted by Gasteiger charge is -2.26. The van der Waals surface area contributed by atoms with E-state index in [1.54, 1.807) is 12.1 Å². The summed E-state index contributed by atoms with van der Waals surface area (Å²) < 4.78 is 9.99. The average molecular weight is 331 g/mol. The molecule has 1 aromatic carbocycles. The summed E-state index contributed by atoms with van der Waals surface area (Å²) >= 11 is 0.